The highest BCUT2D eigenvalue weighted by Crippen LogP contribution is 2.38. The van der Waals surface area contributed by atoms with Crippen molar-refractivity contribution in [2.75, 3.05) is 18.0 Å². The molecule has 1 aliphatic heterocycles. The highest BCUT2D eigenvalue weighted by atomic mass is 19.4. The third kappa shape index (κ3) is 5.26. The summed E-state index contributed by atoms with van der Waals surface area (Å²) in [7, 11) is 0. The Morgan fingerprint density at radius 3 is 2.49 bits per heavy atom. The number of anilines is 1. The predicted octanol–water partition coefficient (Wildman–Crippen LogP) is 6.86. The van der Waals surface area contributed by atoms with E-state index in [1.54, 1.807) is 18.5 Å². The van der Waals surface area contributed by atoms with Gasteiger partial charge in [0.05, 0.1) is 11.4 Å². The molecule has 6 nitrogen and oxygen atoms in total. The van der Waals surface area contributed by atoms with Crippen molar-refractivity contribution in [1.29, 1.82) is 0 Å². The third-order valence-corrected chi connectivity index (χ3v) is 7.47. The number of fused-ring (bicyclic) bond motifs is 1. The number of alkyl halides is 3. The van der Waals surface area contributed by atoms with Crippen molar-refractivity contribution in [3.05, 3.63) is 88.8 Å². The number of aryl methyl sites for hydroxylation is 2. The number of hydrogen-bond donors (Lipinski definition) is 1. The van der Waals surface area contributed by atoms with E-state index in [4.69, 9.17) is 4.98 Å². The number of nitrogens with zero attached hydrogens (tertiary/aromatic N) is 4. The van der Waals surface area contributed by atoms with E-state index in [0.717, 1.165) is 60.9 Å². The van der Waals surface area contributed by atoms with Crippen molar-refractivity contribution in [1.82, 2.24) is 19.9 Å². The van der Waals surface area contributed by atoms with Crippen LogP contribution in [0.15, 0.2) is 54.9 Å². The molecule has 200 valence electrons. The van der Waals surface area contributed by atoms with Crippen LogP contribution >= 0.6 is 0 Å². The molecular weight excluding hydrogens is 503 g/mol. The van der Waals surface area contributed by atoms with Crippen LogP contribution in [0.25, 0.3) is 22.9 Å². The first-order valence-corrected chi connectivity index (χ1v) is 13.0. The predicted molar refractivity (Wildman–Crippen MR) is 144 cm³/mol. The van der Waals surface area contributed by atoms with Gasteiger partial charge in [0.2, 0.25) is 0 Å². The van der Waals surface area contributed by atoms with Crippen LogP contribution in [0.5, 0.6) is 5.75 Å². The first-order valence-electron chi connectivity index (χ1n) is 13.0. The molecule has 0 unspecified atom stereocenters. The van der Waals surface area contributed by atoms with Gasteiger partial charge in [-0.25, -0.2) is 15.0 Å². The molecule has 4 aromatic rings. The Hall–Kier alpha value is -4.14. The average Bonchev–Trinajstić information content (AvgIpc) is 3.52. The van der Waals surface area contributed by atoms with Crippen molar-refractivity contribution in [3.63, 3.8) is 0 Å². The fourth-order valence-corrected chi connectivity index (χ4v) is 5.48. The minimum absolute atomic E-state index is 0.219. The normalized spacial score (nSPS) is 15.8. The lowest BCUT2D eigenvalue weighted by atomic mass is 9.96. The second-order valence-electron chi connectivity index (χ2n) is 10.2. The molecule has 39 heavy (non-hydrogen) atoms. The minimum Gasteiger partial charge on any atom is -0.406 e. The van der Waals surface area contributed by atoms with E-state index in [0.29, 0.717) is 11.3 Å². The van der Waals surface area contributed by atoms with Crippen LogP contribution in [0, 0.1) is 13.8 Å². The number of imidazole rings is 1. The van der Waals surface area contributed by atoms with Crippen LogP contribution in [-0.2, 0) is 6.42 Å². The SMILES string of the molecule is Cc1ccc(C2=Cc3c(ncnc3N3CCC(c4nc(-c5cccc(OC(F)(F)F)c5)c(C)[nH]4)CC3)C2)cc1. The van der Waals surface area contributed by atoms with Gasteiger partial charge in [-0.3, -0.25) is 0 Å². The Morgan fingerprint density at radius 1 is 0.974 bits per heavy atom. The quantitative estimate of drug-likeness (QED) is 0.305. The molecule has 1 saturated heterocycles. The zero-order valence-electron chi connectivity index (χ0n) is 21.7. The molecule has 2 aromatic carbocycles. The van der Waals surface area contributed by atoms with Gasteiger partial charge in [0, 0.05) is 42.2 Å². The molecule has 9 heteroatoms. The lowest BCUT2D eigenvalue weighted by Crippen LogP contribution is -2.34. The van der Waals surface area contributed by atoms with Gasteiger partial charge in [-0.2, -0.15) is 0 Å². The molecule has 0 radical (unpaired) electrons. The van der Waals surface area contributed by atoms with Crippen molar-refractivity contribution >= 4 is 17.5 Å². The Balaban J connectivity index is 1.17. The summed E-state index contributed by atoms with van der Waals surface area (Å²) in [6.07, 6.45) is 1.72. The van der Waals surface area contributed by atoms with Crippen LogP contribution in [-0.4, -0.2) is 39.4 Å². The van der Waals surface area contributed by atoms with E-state index in [2.05, 4.69) is 61.9 Å². The van der Waals surface area contributed by atoms with Gasteiger partial charge in [-0.05, 0) is 56.0 Å². The van der Waals surface area contributed by atoms with Crippen LogP contribution < -0.4 is 9.64 Å². The van der Waals surface area contributed by atoms with Gasteiger partial charge in [-0.15, -0.1) is 13.2 Å². The van der Waals surface area contributed by atoms with Crippen molar-refractivity contribution in [2.45, 2.75) is 45.4 Å². The largest absolute Gasteiger partial charge is 0.573 e. The molecule has 2 aliphatic rings. The number of nitrogens with one attached hydrogen (secondary N) is 1. The summed E-state index contributed by atoms with van der Waals surface area (Å²) in [5, 5.41) is 0. The number of H-pyrrole nitrogens is 1. The number of rotatable bonds is 5. The van der Waals surface area contributed by atoms with Crippen LogP contribution in [0.2, 0.25) is 0 Å². The average molecular weight is 532 g/mol. The summed E-state index contributed by atoms with van der Waals surface area (Å²) in [6.45, 7) is 5.63. The molecule has 0 saturated carbocycles. The number of aromatic amines is 1. The zero-order valence-corrected chi connectivity index (χ0v) is 21.7. The number of aromatic nitrogens is 4. The molecule has 0 atom stereocenters. The van der Waals surface area contributed by atoms with E-state index in [-0.39, 0.29) is 11.7 Å². The van der Waals surface area contributed by atoms with Crippen LogP contribution in [0.4, 0.5) is 19.0 Å². The van der Waals surface area contributed by atoms with Crippen molar-refractivity contribution in [2.24, 2.45) is 0 Å². The van der Waals surface area contributed by atoms with Gasteiger partial charge in [-0.1, -0.05) is 42.0 Å². The standard InChI is InChI=1S/C30H28F3N5O/c1-18-6-8-20(9-7-18)23-15-25-26(16-23)34-17-35-29(25)38-12-10-21(11-13-38)28-36-19(2)27(37-28)22-4-3-5-24(14-22)39-30(31,32)33/h3-9,14-15,17,21H,10-13,16H2,1-2H3,(H,36,37). The lowest BCUT2D eigenvalue weighted by molar-refractivity contribution is -0.274. The summed E-state index contributed by atoms with van der Waals surface area (Å²) in [6, 6.07) is 14.5. The van der Waals surface area contributed by atoms with Gasteiger partial charge >= 0.3 is 6.36 Å². The van der Waals surface area contributed by atoms with E-state index in [9.17, 15) is 13.2 Å². The maximum atomic E-state index is 12.7. The second-order valence-corrected chi connectivity index (χ2v) is 10.2. The fourth-order valence-electron chi connectivity index (χ4n) is 5.48. The molecule has 1 aliphatic carbocycles. The maximum absolute atomic E-state index is 12.7. The Kier molecular flexibility index (Phi) is 6.37. The summed E-state index contributed by atoms with van der Waals surface area (Å²) in [4.78, 5) is 19.7. The van der Waals surface area contributed by atoms with Gasteiger partial charge in [0.1, 0.15) is 23.7 Å². The molecule has 3 heterocycles. The smallest absolute Gasteiger partial charge is 0.406 e. The molecule has 2 aromatic heterocycles. The number of ether oxygens (including phenoxy) is 1. The Labute approximate surface area is 224 Å². The molecule has 0 bridgehead atoms. The first-order chi connectivity index (χ1) is 18.7. The molecule has 1 fully saturated rings. The first kappa shape index (κ1) is 25.2. The van der Waals surface area contributed by atoms with Gasteiger partial charge in [0.15, 0.2) is 0 Å². The number of piperidine rings is 1. The summed E-state index contributed by atoms with van der Waals surface area (Å²) in [5.41, 5.74) is 7.90. The van der Waals surface area contributed by atoms with Crippen LogP contribution in [0.1, 0.15) is 52.7 Å². The van der Waals surface area contributed by atoms with E-state index < -0.39 is 6.36 Å². The molecule has 0 spiro atoms. The highest BCUT2D eigenvalue weighted by molar-refractivity contribution is 5.91. The number of hydrogen-bond acceptors (Lipinski definition) is 5. The summed E-state index contributed by atoms with van der Waals surface area (Å²) >= 11 is 0. The zero-order chi connectivity index (χ0) is 27.1. The van der Waals surface area contributed by atoms with Crippen LogP contribution in [0.3, 0.4) is 0 Å². The Morgan fingerprint density at radius 2 is 1.74 bits per heavy atom. The molecular formula is C30H28F3N5O. The van der Waals surface area contributed by atoms with Gasteiger partial charge < -0.3 is 14.6 Å². The van der Waals surface area contributed by atoms with E-state index in [1.807, 2.05) is 6.92 Å². The lowest BCUT2D eigenvalue weighted by Gasteiger charge is -2.32. The monoisotopic (exact) mass is 531 g/mol. The molecule has 0 amide bonds. The van der Waals surface area contributed by atoms with Gasteiger partial charge in [0.25, 0.3) is 0 Å². The minimum atomic E-state index is -4.74. The molecule has 1 N–H and O–H groups in total. The molecule has 6 rings (SSSR count). The maximum Gasteiger partial charge on any atom is 0.573 e. The van der Waals surface area contributed by atoms with E-state index in [1.165, 1.54) is 28.8 Å². The number of benzene rings is 2. The summed E-state index contributed by atoms with van der Waals surface area (Å²) in [5.74, 6) is 1.79. The third-order valence-electron chi connectivity index (χ3n) is 7.47. The van der Waals surface area contributed by atoms with Crippen molar-refractivity contribution in [3.8, 4) is 17.0 Å². The Bertz CT molecular complexity index is 1530. The number of halogens is 3. The topological polar surface area (TPSA) is 66.9 Å². The fraction of sp³-hybridized carbons (Fsp3) is 0.300. The number of allylic oxidation sites excluding steroid dienone is 1. The highest BCUT2D eigenvalue weighted by Gasteiger charge is 2.31. The van der Waals surface area contributed by atoms with E-state index >= 15 is 0 Å². The second kappa shape index (κ2) is 9.87. The van der Waals surface area contributed by atoms with Crippen molar-refractivity contribution < 1.29 is 17.9 Å². The summed E-state index contributed by atoms with van der Waals surface area (Å²) < 4.78 is 42.1.